The van der Waals surface area contributed by atoms with Crippen LogP contribution in [0.5, 0.6) is 0 Å². The summed E-state index contributed by atoms with van der Waals surface area (Å²) in [5.74, 6) is 1.79. The Bertz CT molecular complexity index is 431. The molecule has 0 unspecified atom stereocenters. The molecule has 0 aromatic carbocycles. The molecule has 18 heavy (non-hydrogen) atoms. The molecule has 2 saturated carbocycles. The highest BCUT2D eigenvalue weighted by atomic mass is 15.0. The van der Waals surface area contributed by atoms with E-state index >= 15 is 0 Å². The van der Waals surface area contributed by atoms with Crippen molar-refractivity contribution in [3.63, 3.8) is 0 Å². The van der Waals surface area contributed by atoms with Crippen LogP contribution in [0.3, 0.4) is 0 Å². The molecular weight excluding hydrogens is 222 g/mol. The predicted molar refractivity (Wildman–Crippen MR) is 72.8 cm³/mol. The molecular formula is C15H23N3. The van der Waals surface area contributed by atoms with Crippen LogP contribution in [0.1, 0.15) is 61.7 Å². The second kappa shape index (κ2) is 4.61. The summed E-state index contributed by atoms with van der Waals surface area (Å²) in [5.41, 5.74) is 2.69. The highest BCUT2D eigenvalue weighted by Gasteiger charge is 2.46. The van der Waals surface area contributed by atoms with Crippen LogP contribution in [-0.4, -0.2) is 23.6 Å². The minimum Gasteiger partial charge on any atom is -0.319 e. The smallest absolute Gasteiger partial charge is 0.136 e. The monoisotopic (exact) mass is 245 g/mol. The molecule has 0 saturated heterocycles. The van der Waals surface area contributed by atoms with Crippen LogP contribution >= 0.6 is 0 Å². The second-order valence-electron chi connectivity index (χ2n) is 6.05. The molecule has 0 spiro atoms. The van der Waals surface area contributed by atoms with Gasteiger partial charge in [0.05, 0.1) is 0 Å². The normalized spacial score (nSPS) is 22.3. The van der Waals surface area contributed by atoms with Gasteiger partial charge < -0.3 is 5.32 Å². The van der Waals surface area contributed by atoms with E-state index in [4.69, 9.17) is 9.97 Å². The lowest BCUT2D eigenvalue weighted by molar-refractivity contribution is 0.572. The zero-order valence-electron chi connectivity index (χ0n) is 11.5. The van der Waals surface area contributed by atoms with E-state index in [0.717, 1.165) is 18.1 Å². The lowest BCUT2D eigenvalue weighted by atomic mass is 10.0. The molecule has 0 radical (unpaired) electrons. The lowest BCUT2D eigenvalue weighted by Gasteiger charge is -2.17. The molecule has 1 heterocycles. The van der Waals surface area contributed by atoms with Crippen LogP contribution in [-0.2, 0) is 5.41 Å². The Morgan fingerprint density at radius 1 is 1.28 bits per heavy atom. The largest absolute Gasteiger partial charge is 0.319 e. The van der Waals surface area contributed by atoms with Gasteiger partial charge in [-0.05, 0) is 45.7 Å². The van der Waals surface area contributed by atoms with Crippen molar-refractivity contribution >= 4 is 0 Å². The average molecular weight is 245 g/mol. The molecule has 2 fully saturated rings. The molecule has 0 amide bonds. The van der Waals surface area contributed by atoms with Crippen LogP contribution in [0.2, 0.25) is 0 Å². The molecule has 1 aromatic rings. The standard InChI is InChI=1S/C15H23N3/c1-11-9-13(12-5-3-4-6-12)18-14(17-11)15(7-8-15)10-16-2/h9,12,16H,3-8,10H2,1-2H3. The third kappa shape index (κ3) is 2.16. The van der Waals surface area contributed by atoms with Gasteiger partial charge in [0, 0.05) is 29.3 Å². The summed E-state index contributed by atoms with van der Waals surface area (Å²) in [4.78, 5) is 9.62. The van der Waals surface area contributed by atoms with E-state index in [-0.39, 0.29) is 5.41 Å². The van der Waals surface area contributed by atoms with Crippen molar-refractivity contribution in [2.24, 2.45) is 0 Å². The number of nitrogens with zero attached hydrogens (tertiary/aromatic N) is 2. The first-order valence-corrected chi connectivity index (χ1v) is 7.24. The minimum atomic E-state index is 0.244. The molecule has 0 bridgehead atoms. The molecule has 3 nitrogen and oxygen atoms in total. The van der Waals surface area contributed by atoms with Crippen LogP contribution < -0.4 is 5.32 Å². The average Bonchev–Trinajstić information content (AvgIpc) is 2.93. The van der Waals surface area contributed by atoms with Gasteiger partial charge in [0.15, 0.2) is 0 Å². The van der Waals surface area contributed by atoms with E-state index in [1.54, 1.807) is 0 Å². The van der Waals surface area contributed by atoms with Crippen molar-refractivity contribution in [3.8, 4) is 0 Å². The summed E-state index contributed by atoms with van der Waals surface area (Å²) in [6.45, 7) is 3.12. The van der Waals surface area contributed by atoms with E-state index in [9.17, 15) is 0 Å². The van der Waals surface area contributed by atoms with Crippen LogP contribution in [0.4, 0.5) is 0 Å². The van der Waals surface area contributed by atoms with Gasteiger partial charge in [-0.25, -0.2) is 9.97 Å². The van der Waals surface area contributed by atoms with Gasteiger partial charge in [0.2, 0.25) is 0 Å². The second-order valence-corrected chi connectivity index (χ2v) is 6.05. The Kier molecular flexibility index (Phi) is 3.10. The fraction of sp³-hybridized carbons (Fsp3) is 0.733. The highest BCUT2D eigenvalue weighted by molar-refractivity contribution is 5.24. The maximum absolute atomic E-state index is 4.92. The van der Waals surface area contributed by atoms with Crippen LogP contribution in [0, 0.1) is 6.92 Å². The van der Waals surface area contributed by atoms with Gasteiger partial charge in [0.25, 0.3) is 0 Å². The molecule has 0 aliphatic heterocycles. The molecule has 3 rings (SSSR count). The first kappa shape index (κ1) is 12.1. The van der Waals surface area contributed by atoms with Gasteiger partial charge in [-0.15, -0.1) is 0 Å². The zero-order chi connectivity index (χ0) is 12.6. The Morgan fingerprint density at radius 3 is 2.61 bits per heavy atom. The maximum atomic E-state index is 4.92. The first-order chi connectivity index (χ1) is 8.73. The van der Waals surface area contributed by atoms with Crippen molar-refractivity contribution in [1.82, 2.24) is 15.3 Å². The number of hydrogen-bond acceptors (Lipinski definition) is 3. The van der Waals surface area contributed by atoms with Crippen molar-refractivity contribution in [1.29, 1.82) is 0 Å². The van der Waals surface area contributed by atoms with E-state index in [0.29, 0.717) is 5.92 Å². The van der Waals surface area contributed by atoms with Crippen LogP contribution in [0.25, 0.3) is 0 Å². The van der Waals surface area contributed by atoms with Gasteiger partial charge in [-0.3, -0.25) is 0 Å². The molecule has 98 valence electrons. The third-order valence-corrected chi connectivity index (χ3v) is 4.49. The molecule has 1 aromatic heterocycles. The van der Waals surface area contributed by atoms with E-state index in [2.05, 4.69) is 18.3 Å². The number of aryl methyl sites for hydroxylation is 1. The Morgan fingerprint density at radius 2 is 2.00 bits per heavy atom. The molecule has 3 heteroatoms. The maximum Gasteiger partial charge on any atom is 0.136 e. The summed E-state index contributed by atoms with van der Waals surface area (Å²) in [5, 5.41) is 3.30. The number of hydrogen-bond donors (Lipinski definition) is 1. The fourth-order valence-electron chi connectivity index (χ4n) is 3.23. The molecule has 1 N–H and O–H groups in total. The van der Waals surface area contributed by atoms with Gasteiger partial charge >= 0.3 is 0 Å². The Labute approximate surface area is 109 Å². The predicted octanol–water partition coefficient (Wildman–Crippen LogP) is 2.69. The summed E-state index contributed by atoms with van der Waals surface area (Å²) >= 11 is 0. The van der Waals surface area contributed by atoms with Crippen molar-refractivity contribution in [2.75, 3.05) is 13.6 Å². The molecule has 2 aliphatic carbocycles. The van der Waals surface area contributed by atoms with E-state index in [1.165, 1.54) is 44.2 Å². The van der Waals surface area contributed by atoms with Crippen LogP contribution in [0.15, 0.2) is 6.07 Å². The number of likely N-dealkylation sites (N-methyl/N-ethyl adjacent to an activating group) is 1. The van der Waals surface area contributed by atoms with Crippen molar-refractivity contribution in [3.05, 3.63) is 23.3 Å². The summed E-state index contributed by atoms with van der Waals surface area (Å²) in [6.07, 6.45) is 7.84. The number of aromatic nitrogens is 2. The number of rotatable bonds is 4. The zero-order valence-corrected chi connectivity index (χ0v) is 11.5. The van der Waals surface area contributed by atoms with Gasteiger partial charge in [-0.1, -0.05) is 12.8 Å². The Balaban J connectivity index is 1.90. The minimum absolute atomic E-state index is 0.244. The Hall–Kier alpha value is -0.960. The van der Waals surface area contributed by atoms with Crippen molar-refractivity contribution < 1.29 is 0 Å². The summed E-state index contributed by atoms with van der Waals surface area (Å²) in [7, 11) is 2.02. The highest BCUT2D eigenvalue weighted by Crippen LogP contribution is 2.46. The quantitative estimate of drug-likeness (QED) is 0.886. The topological polar surface area (TPSA) is 37.8 Å². The van der Waals surface area contributed by atoms with E-state index < -0.39 is 0 Å². The summed E-state index contributed by atoms with van der Waals surface area (Å²) in [6, 6.07) is 2.20. The number of nitrogens with one attached hydrogen (secondary N) is 1. The molecule has 0 atom stereocenters. The van der Waals surface area contributed by atoms with E-state index in [1.807, 2.05) is 7.05 Å². The van der Waals surface area contributed by atoms with Gasteiger partial charge in [-0.2, -0.15) is 0 Å². The SMILES string of the molecule is CNCC1(c2nc(C)cc(C3CCCC3)n2)CC1. The lowest BCUT2D eigenvalue weighted by Crippen LogP contribution is -2.26. The van der Waals surface area contributed by atoms with Gasteiger partial charge in [0.1, 0.15) is 5.82 Å². The fourth-order valence-corrected chi connectivity index (χ4v) is 3.23. The van der Waals surface area contributed by atoms with Crippen molar-refractivity contribution in [2.45, 2.75) is 56.8 Å². The summed E-state index contributed by atoms with van der Waals surface area (Å²) < 4.78 is 0. The third-order valence-electron chi connectivity index (χ3n) is 4.49. The first-order valence-electron chi connectivity index (χ1n) is 7.24. The molecule has 2 aliphatic rings.